The molecule has 8 nitrogen and oxygen atoms in total. The summed E-state index contributed by atoms with van der Waals surface area (Å²) in [6.45, 7) is 0.127. The van der Waals surface area contributed by atoms with E-state index in [1.54, 1.807) is 0 Å². The summed E-state index contributed by atoms with van der Waals surface area (Å²) in [4.78, 5) is 28.5. The Kier molecular flexibility index (Phi) is 4.77. The summed E-state index contributed by atoms with van der Waals surface area (Å²) in [5.41, 5.74) is -0.771. The molecular formula is C16H16FN3O5S. The van der Waals surface area contributed by atoms with Crippen LogP contribution in [-0.4, -0.2) is 34.7 Å². The molecule has 2 aromatic rings. The molecule has 0 aliphatic carbocycles. The van der Waals surface area contributed by atoms with Crippen molar-refractivity contribution in [2.45, 2.75) is 25.3 Å². The molecule has 1 amide bonds. The van der Waals surface area contributed by atoms with Gasteiger partial charge >= 0.3 is 0 Å². The van der Waals surface area contributed by atoms with Crippen LogP contribution in [0.1, 0.15) is 28.3 Å². The van der Waals surface area contributed by atoms with Crippen LogP contribution in [0.5, 0.6) is 5.75 Å². The lowest BCUT2D eigenvalue weighted by Crippen LogP contribution is -2.31. The zero-order valence-corrected chi connectivity index (χ0v) is 14.4. The predicted octanol–water partition coefficient (Wildman–Crippen LogP) is 0.337. The molecule has 0 unspecified atom stereocenters. The molecule has 10 heteroatoms. The van der Waals surface area contributed by atoms with Crippen molar-refractivity contribution in [2.75, 3.05) is 5.75 Å². The Morgan fingerprint density at radius 2 is 2.00 bits per heavy atom. The number of aromatic nitrogens is 2. The minimum absolute atomic E-state index is 0.0248. The van der Waals surface area contributed by atoms with Crippen LogP contribution in [0, 0.1) is 5.82 Å². The summed E-state index contributed by atoms with van der Waals surface area (Å²) >= 11 is 0. The monoisotopic (exact) mass is 381 g/mol. The highest BCUT2D eigenvalue weighted by Gasteiger charge is 2.26. The van der Waals surface area contributed by atoms with Crippen molar-refractivity contribution in [1.82, 2.24) is 14.9 Å². The van der Waals surface area contributed by atoms with Crippen LogP contribution >= 0.6 is 0 Å². The molecule has 3 rings (SSSR count). The van der Waals surface area contributed by atoms with Crippen LogP contribution in [0.25, 0.3) is 0 Å². The van der Waals surface area contributed by atoms with E-state index in [-0.39, 0.29) is 31.1 Å². The van der Waals surface area contributed by atoms with Gasteiger partial charge in [0.05, 0.1) is 5.75 Å². The van der Waals surface area contributed by atoms with Crippen LogP contribution in [-0.2, 0) is 28.7 Å². The first-order valence-corrected chi connectivity index (χ1v) is 9.65. The van der Waals surface area contributed by atoms with E-state index >= 15 is 0 Å². The maximum absolute atomic E-state index is 12.9. The first-order chi connectivity index (χ1) is 12.3. The Balaban J connectivity index is 1.88. The third-order valence-corrected chi connectivity index (χ3v) is 5.60. The maximum Gasteiger partial charge on any atom is 0.296 e. The number of benzene rings is 1. The Labute approximate surface area is 148 Å². The first-order valence-electron chi connectivity index (χ1n) is 7.82. The maximum atomic E-state index is 12.9. The number of halogens is 1. The van der Waals surface area contributed by atoms with Crippen LogP contribution in [0.2, 0.25) is 0 Å². The van der Waals surface area contributed by atoms with E-state index in [1.807, 2.05) is 0 Å². The number of nitrogens with one attached hydrogen (secondary N) is 1. The van der Waals surface area contributed by atoms with Gasteiger partial charge in [0.2, 0.25) is 5.75 Å². The number of amides is 1. The van der Waals surface area contributed by atoms with Crippen molar-refractivity contribution >= 4 is 15.7 Å². The largest absolute Gasteiger partial charge is 0.501 e. The number of aromatic hydroxyl groups is 1. The molecule has 0 atom stereocenters. The molecule has 138 valence electrons. The highest BCUT2D eigenvalue weighted by molar-refractivity contribution is 7.90. The average Bonchev–Trinajstić information content (AvgIpc) is 2.74. The van der Waals surface area contributed by atoms with Crippen LogP contribution < -0.4 is 10.9 Å². The molecule has 0 spiro atoms. The van der Waals surface area contributed by atoms with Crippen LogP contribution in [0.4, 0.5) is 4.39 Å². The Bertz CT molecular complexity index is 1020. The average molecular weight is 381 g/mol. The third-order valence-electron chi connectivity index (χ3n) is 3.99. The SMILES string of the molecule is O=C(NCc1ccc(F)cc1)c1nc2n(c(=O)c1O)CCCS(=O)(=O)C2. The zero-order valence-electron chi connectivity index (χ0n) is 13.6. The Morgan fingerprint density at radius 3 is 2.69 bits per heavy atom. The summed E-state index contributed by atoms with van der Waals surface area (Å²) < 4.78 is 37.8. The summed E-state index contributed by atoms with van der Waals surface area (Å²) in [6.07, 6.45) is 0.229. The first kappa shape index (κ1) is 18.1. The molecule has 26 heavy (non-hydrogen) atoms. The quantitative estimate of drug-likeness (QED) is 0.791. The second-order valence-electron chi connectivity index (χ2n) is 5.94. The van der Waals surface area contributed by atoms with Gasteiger partial charge in [0.25, 0.3) is 11.5 Å². The van der Waals surface area contributed by atoms with E-state index in [9.17, 15) is 27.5 Å². The minimum atomic E-state index is -3.44. The van der Waals surface area contributed by atoms with Crippen LogP contribution in [0.3, 0.4) is 0 Å². The van der Waals surface area contributed by atoms with Gasteiger partial charge in [-0.2, -0.15) is 0 Å². The van der Waals surface area contributed by atoms with Gasteiger partial charge in [-0.25, -0.2) is 17.8 Å². The lowest BCUT2D eigenvalue weighted by atomic mass is 10.2. The van der Waals surface area contributed by atoms with Crippen molar-refractivity contribution in [2.24, 2.45) is 0 Å². The van der Waals surface area contributed by atoms with E-state index in [2.05, 4.69) is 10.3 Å². The normalized spacial score (nSPS) is 15.7. The number of nitrogens with zero attached hydrogens (tertiary/aromatic N) is 2. The summed E-state index contributed by atoms with van der Waals surface area (Å²) in [6, 6.07) is 5.41. The smallest absolute Gasteiger partial charge is 0.296 e. The molecule has 1 aliphatic heterocycles. The topological polar surface area (TPSA) is 118 Å². The van der Waals surface area contributed by atoms with Crippen molar-refractivity contribution in [3.63, 3.8) is 0 Å². The standard InChI is InChI=1S/C16H16FN3O5S/c17-11-4-2-10(3-5-11)8-18-15(22)13-14(21)16(23)20-6-1-7-26(24,25)9-12(20)19-13/h2-5,21H,1,6-9H2,(H,18,22). The lowest BCUT2D eigenvalue weighted by molar-refractivity contribution is 0.0941. The van der Waals surface area contributed by atoms with Gasteiger partial charge in [0.15, 0.2) is 15.5 Å². The molecule has 2 heterocycles. The van der Waals surface area contributed by atoms with Crippen molar-refractivity contribution in [3.05, 3.63) is 57.5 Å². The summed E-state index contributed by atoms with van der Waals surface area (Å²) in [7, 11) is -3.44. The second kappa shape index (κ2) is 6.87. The molecule has 0 bridgehead atoms. The van der Waals surface area contributed by atoms with Gasteiger partial charge in [-0.3, -0.25) is 14.2 Å². The molecule has 1 aromatic carbocycles. The van der Waals surface area contributed by atoms with Crippen molar-refractivity contribution < 1.29 is 22.7 Å². The number of fused-ring (bicyclic) bond motifs is 1. The van der Waals surface area contributed by atoms with E-state index in [4.69, 9.17) is 0 Å². The number of hydrogen-bond acceptors (Lipinski definition) is 6. The molecule has 2 N–H and O–H groups in total. The number of sulfone groups is 1. The van der Waals surface area contributed by atoms with Gasteiger partial charge in [0, 0.05) is 13.1 Å². The third kappa shape index (κ3) is 3.74. The summed E-state index contributed by atoms with van der Waals surface area (Å²) in [5.74, 6) is -2.71. The second-order valence-corrected chi connectivity index (χ2v) is 8.12. The van der Waals surface area contributed by atoms with Gasteiger partial charge in [-0.15, -0.1) is 0 Å². The molecule has 1 aromatic heterocycles. The van der Waals surface area contributed by atoms with E-state index < -0.39 is 44.3 Å². The molecule has 0 radical (unpaired) electrons. The van der Waals surface area contributed by atoms with Crippen molar-refractivity contribution in [3.8, 4) is 5.75 Å². The van der Waals surface area contributed by atoms with E-state index in [0.717, 1.165) is 4.57 Å². The van der Waals surface area contributed by atoms with E-state index in [1.165, 1.54) is 24.3 Å². The fraction of sp³-hybridized carbons (Fsp3) is 0.312. The summed E-state index contributed by atoms with van der Waals surface area (Å²) in [5, 5.41) is 12.5. The van der Waals surface area contributed by atoms with Crippen LogP contribution in [0.15, 0.2) is 29.1 Å². The number of carbonyl (C=O) groups is 1. The molecule has 0 fully saturated rings. The lowest BCUT2D eigenvalue weighted by Gasteiger charge is -2.12. The van der Waals surface area contributed by atoms with Gasteiger partial charge < -0.3 is 10.4 Å². The highest BCUT2D eigenvalue weighted by atomic mass is 32.2. The molecule has 0 saturated carbocycles. The van der Waals surface area contributed by atoms with Gasteiger partial charge in [0.1, 0.15) is 17.4 Å². The van der Waals surface area contributed by atoms with Gasteiger partial charge in [-0.1, -0.05) is 12.1 Å². The van der Waals surface area contributed by atoms with Crippen molar-refractivity contribution in [1.29, 1.82) is 0 Å². The Morgan fingerprint density at radius 1 is 1.31 bits per heavy atom. The predicted molar refractivity (Wildman–Crippen MR) is 89.8 cm³/mol. The number of carbonyl (C=O) groups excluding carboxylic acids is 1. The zero-order chi connectivity index (χ0) is 18.9. The number of rotatable bonds is 3. The molecular weight excluding hydrogens is 365 g/mol. The van der Waals surface area contributed by atoms with Gasteiger partial charge in [-0.05, 0) is 24.1 Å². The minimum Gasteiger partial charge on any atom is -0.501 e. The fourth-order valence-corrected chi connectivity index (χ4v) is 3.99. The molecule has 0 saturated heterocycles. The highest BCUT2D eigenvalue weighted by Crippen LogP contribution is 2.16. The Hall–Kier alpha value is -2.75. The molecule has 1 aliphatic rings. The van der Waals surface area contributed by atoms with E-state index in [0.29, 0.717) is 5.56 Å². The fourth-order valence-electron chi connectivity index (χ4n) is 2.67. The number of hydrogen-bond donors (Lipinski definition) is 2.